The van der Waals surface area contributed by atoms with Crippen molar-refractivity contribution in [3.8, 4) is 0 Å². The first-order valence-electron chi connectivity index (χ1n) is 6.62. The minimum absolute atomic E-state index is 0.221. The van der Waals surface area contributed by atoms with Crippen LogP contribution in [-0.4, -0.2) is 50.0 Å². The second-order valence-corrected chi connectivity index (χ2v) is 5.95. The number of carboxylic acids is 1. The van der Waals surface area contributed by atoms with Gasteiger partial charge in [0.1, 0.15) is 4.88 Å². The molecule has 1 N–H and O–H groups in total. The van der Waals surface area contributed by atoms with Gasteiger partial charge in [-0.3, -0.25) is 0 Å². The quantitative estimate of drug-likeness (QED) is 0.864. The van der Waals surface area contributed by atoms with Crippen LogP contribution in [0.5, 0.6) is 0 Å². The van der Waals surface area contributed by atoms with Gasteiger partial charge in [0.05, 0.1) is 18.9 Å². The minimum Gasteiger partial charge on any atom is -0.477 e. The smallest absolute Gasteiger partial charge is 0.347 e. The van der Waals surface area contributed by atoms with E-state index in [9.17, 15) is 9.90 Å². The zero-order chi connectivity index (χ0) is 14.5. The fourth-order valence-electron chi connectivity index (χ4n) is 2.32. The van der Waals surface area contributed by atoms with Crippen molar-refractivity contribution in [2.24, 2.45) is 5.92 Å². The Hall–Kier alpha value is -1.18. The monoisotopic (exact) mass is 300 g/mol. The zero-order valence-corrected chi connectivity index (χ0v) is 12.6. The number of thiazole rings is 1. The van der Waals surface area contributed by atoms with E-state index in [1.165, 1.54) is 18.4 Å². The lowest BCUT2D eigenvalue weighted by Gasteiger charge is -2.26. The number of methoxy groups -OCH3 is 1. The molecule has 0 radical (unpaired) electrons. The third-order valence-corrected chi connectivity index (χ3v) is 4.47. The molecule has 0 amide bonds. The minimum atomic E-state index is -0.949. The van der Waals surface area contributed by atoms with Gasteiger partial charge in [-0.1, -0.05) is 11.3 Å². The second kappa shape index (κ2) is 7.01. The molecule has 1 saturated heterocycles. The van der Waals surface area contributed by atoms with Crippen molar-refractivity contribution in [1.29, 1.82) is 0 Å². The van der Waals surface area contributed by atoms with E-state index in [0.717, 1.165) is 37.7 Å². The van der Waals surface area contributed by atoms with Crippen molar-refractivity contribution in [1.82, 2.24) is 4.98 Å². The van der Waals surface area contributed by atoms with Gasteiger partial charge in [0.15, 0.2) is 5.13 Å². The second-order valence-electron chi connectivity index (χ2n) is 4.97. The van der Waals surface area contributed by atoms with E-state index in [0.29, 0.717) is 11.6 Å². The number of aromatic nitrogens is 1. The molecule has 7 heteroatoms. The van der Waals surface area contributed by atoms with Crippen LogP contribution in [0, 0.1) is 5.92 Å². The Morgan fingerprint density at radius 3 is 3.05 bits per heavy atom. The van der Waals surface area contributed by atoms with Crippen LogP contribution in [0.15, 0.2) is 0 Å². The molecule has 1 unspecified atom stereocenters. The molecule has 2 rings (SSSR count). The molecule has 1 aromatic heterocycles. The highest BCUT2D eigenvalue weighted by Crippen LogP contribution is 2.27. The summed E-state index contributed by atoms with van der Waals surface area (Å²) in [7, 11) is 3.48. The van der Waals surface area contributed by atoms with Crippen molar-refractivity contribution in [3.63, 3.8) is 0 Å². The van der Waals surface area contributed by atoms with Crippen LogP contribution in [0.25, 0.3) is 0 Å². The molecule has 0 saturated carbocycles. The average Bonchev–Trinajstić information content (AvgIpc) is 2.85. The summed E-state index contributed by atoms with van der Waals surface area (Å²) in [5, 5.41) is 9.91. The lowest BCUT2D eigenvalue weighted by atomic mass is 10.0. The fourth-order valence-corrected chi connectivity index (χ4v) is 3.20. The Morgan fingerprint density at radius 2 is 2.45 bits per heavy atom. The van der Waals surface area contributed by atoms with Crippen LogP contribution < -0.4 is 4.90 Å². The number of aromatic carboxylic acids is 1. The predicted molar refractivity (Wildman–Crippen MR) is 76.6 cm³/mol. The zero-order valence-electron chi connectivity index (χ0n) is 11.8. The number of anilines is 1. The lowest BCUT2D eigenvalue weighted by Crippen LogP contribution is -2.30. The Kier molecular flexibility index (Phi) is 5.33. The van der Waals surface area contributed by atoms with Crippen molar-refractivity contribution < 1.29 is 19.4 Å². The number of carbonyl (C=O) groups is 1. The highest BCUT2D eigenvalue weighted by atomic mass is 32.1. The molecule has 6 nitrogen and oxygen atoms in total. The normalized spacial score (nSPS) is 19.0. The van der Waals surface area contributed by atoms with Crippen molar-refractivity contribution in [3.05, 3.63) is 10.6 Å². The first-order valence-corrected chi connectivity index (χ1v) is 7.44. The van der Waals surface area contributed by atoms with E-state index in [2.05, 4.69) is 4.98 Å². The van der Waals surface area contributed by atoms with E-state index < -0.39 is 5.97 Å². The van der Waals surface area contributed by atoms with Crippen LogP contribution in [0.3, 0.4) is 0 Å². The summed E-state index contributed by atoms with van der Waals surface area (Å²) in [5.74, 6) is -0.466. The highest BCUT2D eigenvalue weighted by Gasteiger charge is 2.21. The molecule has 1 aliphatic heterocycles. The molecule has 2 heterocycles. The Balaban J connectivity index is 2.06. The summed E-state index contributed by atoms with van der Waals surface area (Å²) < 4.78 is 10.5. The lowest BCUT2D eigenvalue weighted by molar-refractivity contribution is 0.0576. The maximum atomic E-state index is 11.2. The molecule has 0 bridgehead atoms. The van der Waals surface area contributed by atoms with Crippen LogP contribution in [0.2, 0.25) is 0 Å². The summed E-state index contributed by atoms with van der Waals surface area (Å²) in [6.45, 7) is 2.67. The molecule has 0 spiro atoms. The average molecular weight is 300 g/mol. The number of hydrogen-bond acceptors (Lipinski definition) is 6. The van der Waals surface area contributed by atoms with Gasteiger partial charge in [0, 0.05) is 27.3 Å². The maximum Gasteiger partial charge on any atom is 0.347 e. The fraction of sp³-hybridized carbons (Fsp3) is 0.692. The van der Waals surface area contributed by atoms with Gasteiger partial charge >= 0.3 is 5.97 Å². The number of nitrogens with zero attached hydrogens (tertiary/aromatic N) is 2. The van der Waals surface area contributed by atoms with Gasteiger partial charge in [0.25, 0.3) is 0 Å². The molecule has 1 atom stereocenters. The molecule has 0 aromatic carbocycles. The molecular weight excluding hydrogens is 280 g/mol. The van der Waals surface area contributed by atoms with Crippen molar-refractivity contribution >= 4 is 22.4 Å². The summed E-state index contributed by atoms with van der Waals surface area (Å²) in [5.41, 5.74) is 0.492. The number of rotatable bonds is 6. The van der Waals surface area contributed by atoms with E-state index in [4.69, 9.17) is 9.47 Å². The first-order chi connectivity index (χ1) is 9.61. The Labute approximate surface area is 122 Å². The van der Waals surface area contributed by atoms with Crippen LogP contribution >= 0.6 is 11.3 Å². The van der Waals surface area contributed by atoms with Crippen molar-refractivity contribution in [2.75, 3.05) is 38.8 Å². The van der Waals surface area contributed by atoms with Gasteiger partial charge in [-0.05, 0) is 18.8 Å². The highest BCUT2D eigenvalue weighted by molar-refractivity contribution is 7.17. The van der Waals surface area contributed by atoms with E-state index >= 15 is 0 Å². The standard InChI is InChI=1S/C13H20N2O4S/c1-15(6-9-4-3-5-19-7-9)13-14-10(8-18-2)11(20-13)12(16)17/h9H,3-8H2,1-2H3,(H,16,17). The van der Waals surface area contributed by atoms with Crippen LogP contribution in [0.4, 0.5) is 5.13 Å². The van der Waals surface area contributed by atoms with E-state index in [1.807, 2.05) is 11.9 Å². The van der Waals surface area contributed by atoms with Gasteiger partial charge < -0.3 is 19.5 Å². The number of hydrogen-bond donors (Lipinski definition) is 1. The van der Waals surface area contributed by atoms with Gasteiger partial charge in [-0.15, -0.1) is 0 Å². The van der Waals surface area contributed by atoms with Crippen LogP contribution in [0.1, 0.15) is 28.2 Å². The molecule has 1 aromatic rings. The Bertz CT molecular complexity index is 457. The third kappa shape index (κ3) is 3.68. The van der Waals surface area contributed by atoms with Gasteiger partial charge in [-0.2, -0.15) is 0 Å². The summed E-state index contributed by atoms with van der Waals surface area (Å²) in [6.07, 6.45) is 2.23. The topological polar surface area (TPSA) is 71.9 Å². The number of carboxylic acid groups (broad SMARTS) is 1. The summed E-state index contributed by atoms with van der Waals surface area (Å²) >= 11 is 1.20. The van der Waals surface area contributed by atoms with E-state index in [-0.39, 0.29) is 11.5 Å². The Morgan fingerprint density at radius 1 is 1.65 bits per heavy atom. The molecular formula is C13H20N2O4S. The largest absolute Gasteiger partial charge is 0.477 e. The van der Waals surface area contributed by atoms with E-state index in [1.54, 1.807) is 0 Å². The SMILES string of the molecule is COCc1nc(N(C)CC2CCCOC2)sc1C(=O)O. The molecule has 0 aliphatic carbocycles. The van der Waals surface area contributed by atoms with Crippen molar-refractivity contribution in [2.45, 2.75) is 19.4 Å². The predicted octanol–water partition coefficient (Wildman–Crippen LogP) is 1.85. The molecule has 20 heavy (non-hydrogen) atoms. The summed E-state index contributed by atoms with van der Waals surface area (Å²) in [4.78, 5) is 17.9. The molecule has 1 aliphatic rings. The maximum absolute atomic E-state index is 11.2. The van der Waals surface area contributed by atoms with Gasteiger partial charge in [0.2, 0.25) is 0 Å². The number of ether oxygens (including phenoxy) is 2. The molecule has 112 valence electrons. The molecule has 1 fully saturated rings. The van der Waals surface area contributed by atoms with Crippen LogP contribution in [-0.2, 0) is 16.1 Å². The van der Waals surface area contributed by atoms with Gasteiger partial charge in [-0.25, -0.2) is 9.78 Å². The first kappa shape index (κ1) is 15.2. The third-order valence-electron chi connectivity index (χ3n) is 3.27. The summed E-state index contributed by atoms with van der Waals surface area (Å²) in [6, 6.07) is 0.